The van der Waals surface area contributed by atoms with E-state index in [0.29, 0.717) is 6.42 Å². The van der Waals surface area contributed by atoms with Crippen molar-refractivity contribution in [3.8, 4) is 0 Å². The van der Waals surface area contributed by atoms with Crippen LogP contribution in [0.4, 0.5) is 0 Å². The Morgan fingerprint density at radius 1 is 1.23 bits per heavy atom. The molecule has 1 aromatic rings. The van der Waals surface area contributed by atoms with Gasteiger partial charge >= 0.3 is 0 Å². The first kappa shape index (κ1) is 29.4. The second-order valence-corrected chi connectivity index (χ2v) is 12.0. The zero-order valence-electron chi connectivity index (χ0n) is 22.7. The molecule has 0 spiro atoms. The number of amides is 1. The summed E-state index contributed by atoms with van der Waals surface area (Å²) in [4.78, 5) is 32.8. The second kappa shape index (κ2) is 12.4. The third kappa shape index (κ3) is 7.58. The van der Waals surface area contributed by atoms with Gasteiger partial charge < -0.3 is 15.1 Å². The number of aromatic nitrogens is 1. The van der Waals surface area contributed by atoms with Crippen molar-refractivity contribution in [2.24, 2.45) is 17.3 Å². The van der Waals surface area contributed by atoms with Gasteiger partial charge in [0.05, 0.1) is 40.8 Å². The van der Waals surface area contributed by atoms with Crippen LogP contribution in [0, 0.1) is 24.2 Å². The van der Waals surface area contributed by atoms with Crippen LogP contribution < -0.4 is 0 Å². The topological polar surface area (TPSA) is 90.7 Å². The van der Waals surface area contributed by atoms with Gasteiger partial charge in [-0.15, -0.1) is 11.3 Å². The fourth-order valence-electron chi connectivity index (χ4n) is 4.85. The molecule has 2 N–H and O–H groups in total. The molecule has 35 heavy (non-hydrogen) atoms. The van der Waals surface area contributed by atoms with Gasteiger partial charge in [-0.1, -0.05) is 39.3 Å². The van der Waals surface area contributed by atoms with E-state index in [1.54, 1.807) is 44.1 Å². The predicted octanol–water partition coefficient (Wildman–Crippen LogP) is 5.18. The molecule has 6 nitrogen and oxygen atoms in total. The number of aryl methyl sites for hydroxylation is 1. The number of Topliss-reactive ketones (excluding diaryl/α,β-unsaturated/α-hetero) is 1. The minimum atomic E-state index is -1.15. The highest BCUT2D eigenvalue weighted by molar-refractivity contribution is 7.09. The van der Waals surface area contributed by atoms with Crippen LogP contribution in [-0.2, 0) is 9.59 Å². The quantitative estimate of drug-likeness (QED) is 0.542. The Kier molecular flexibility index (Phi) is 10.4. The molecule has 0 saturated carbocycles. The number of aliphatic hydroxyl groups is 2. The summed E-state index contributed by atoms with van der Waals surface area (Å²) in [6.07, 6.45) is 5.43. The number of hydrogen-bond acceptors (Lipinski definition) is 6. The summed E-state index contributed by atoms with van der Waals surface area (Å²) in [6, 6.07) is -0.182. The molecule has 2 rings (SSSR count). The number of carbonyl (C=O) groups is 2. The van der Waals surface area contributed by atoms with E-state index in [1.807, 2.05) is 32.2 Å². The Labute approximate surface area is 215 Å². The average Bonchev–Trinajstić information content (AvgIpc) is 3.20. The van der Waals surface area contributed by atoms with Gasteiger partial charge in [-0.3, -0.25) is 9.59 Å². The molecule has 1 amide bonds. The van der Waals surface area contributed by atoms with Crippen LogP contribution in [0.5, 0.6) is 0 Å². The van der Waals surface area contributed by atoms with Crippen LogP contribution in [0.15, 0.2) is 22.6 Å². The summed E-state index contributed by atoms with van der Waals surface area (Å²) in [5.41, 5.74) is 1.99. The van der Waals surface area contributed by atoms with Crippen molar-refractivity contribution < 1.29 is 19.8 Å². The number of aliphatic hydroxyl groups excluding tert-OH is 2. The lowest BCUT2D eigenvalue weighted by atomic mass is 9.73. The fourth-order valence-corrected chi connectivity index (χ4v) is 5.42. The summed E-state index contributed by atoms with van der Waals surface area (Å²) in [7, 11) is 1.76. The van der Waals surface area contributed by atoms with E-state index in [0.717, 1.165) is 35.5 Å². The first-order valence-electron chi connectivity index (χ1n) is 12.7. The first-order chi connectivity index (χ1) is 16.2. The van der Waals surface area contributed by atoms with Gasteiger partial charge in [-0.2, -0.15) is 0 Å². The third-order valence-corrected chi connectivity index (χ3v) is 8.46. The normalized spacial score (nSPS) is 31.8. The maximum atomic E-state index is 13.3. The van der Waals surface area contributed by atoms with Crippen molar-refractivity contribution in [1.29, 1.82) is 0 Å². The van der Waals surface area contributed by atoms with E-state index in [9.17, 15) is 19.8 Å². The number of carbonyl (C=O) groups excluding carboxylic acids is 2. The third-order valence-electron chi connectivity index (χ3n) is 7.66. The summed E-state index contributed by atoms with van der Waals surface area (Å²) in [6.45, 7) is 13.1. The molecule has 0 aromatic carbocycles. The maximum Gasteiger partial charge on any atom is 0.225 e. The van der Waals surface area contributed by atoms with E-state index in [4.69, 9.17) is 0 Å². The fraction of sp³-hybridized carbons (Fsp3) is 0.679. The van der Waals surface area contributed by atoms with Crippen LogP contribution in [0.25, 0.3) is 6.08 Å². The Hall–Kier alpha value is -1.83. The molecule has 1 aliphatic rings. The van der Waals surface area contributed by atoms with Crippen LogP contribution in [-0.4, -0.2) is 57.1 Å². The second-order valence-electron chi connectivity index (χ2n) is 10.9. The Bertz CT molecular complexity index is 949. The number of likely N-dealkylation sites (N-methyl/N-ethyl adjacent to an activating group) is 1. The van der Waals surface area contributed by atoms with Crippen LogP contribution in [0.3, 0.4) is 0 Å². The van der Waals surface area contributed by atoms with Crippen molar-refractivity contribution in [2.75, 3.05) is 7.05 Å². The van der Waals surface area contributed by atoms with E-state index in [-0.39, 0.29) is 30.1 Å². The number of nitrogens with zero attached hydrogens (tertiary/aromatic N) is 2. The molecular formula is C28H44N2O4S. The number of thiazole rings is 1. The molecular weight excluding hydrogens is 460 g/mol. The van der Waals surface area contributed by atoms with Crippen molar-refractivity contribution in [3.63, 3.8) is 0 Å². The SMILES string of the molecule is C/C1=C/CC(/C(C)=C/c2csc(C)n2)N(C)C(=O)CC(O)C(C)(C)C(=O)C(C)C(O)C(C)CCC1. The summed E-state index contributed by atoms with van der Waals surface area (Å²) < 4.78 is 0. The largest absolute Gasteiger partial charge is 0.392 e. The molecule has 0 fully saturated rings. The van der Waals surface area contributed by atoms with Gasteiger partial charge in [-0.25, -0.2) is 4.98 Å². The van der Waals surface area contributed by atoms with E-state index < -0.39 is 23.5 Å². The molecule has 0 radical (unpaired) electrons. The monoisotopic (exact) mass is 504 g/mol. The number of rotatable bonds is 2. The summed E-state index contributed by atoms with van der Waals surface area (Å²) in [5, 5.41) is 24.8. The summed E-state index contributed by atoms with van der Waals surface area (Å²) in [5.74, 6) is -1.08. The highest BCUT2D eigenvalue weighted by Crippen LogP contribution is 2.32. The molecule has 0 aliphatic carbocycles. The molecule has 7 heteroatoms. The van der Waals surface area contributed by atoms with Crippen molar-refractivity contribution in [1.82, 2.24) is 9.88 Å². The van der Waals surface area contributed by atoms with Crippen molar-refractivity contribution in [2.45, 2.75) is 98.8 Å². The van der Waals surface area contributed by atoms with Crippen LogP contribution >= 0.6 is 11.3 Å². The van der Waals surface area contributed by atoms with Gasteiger partial charge in [0, 0.05) is 18.3 Å². The molecule has 196 valence electrons. The molecule has 0 saturated heterocycles. The molecule has 2 heterocycles. The van der Waals surface area contributed by atoms with Crippen LogP contribution in [0.1, 0.15) is 84.3 Å². The standard InChI is InChI=1S/C28H44N2O4S/c1-17-10-9-11-18(2)26(33)20(4)27(34)28(6,7)24(31)15-25(32)30(8)23(13-12-17)19(3)14-22-16-35-21(5)29-22/h12,14,16,18,20,23-24,26,31,33H,9-11,13,15H2,1-8H3/b17-12-,19-14+. The number of ketones is 1. The Morgan fingerprint density at radius 2 is 1.89 bits per heavy atom. The zero-order chi connectivity index (χ0) is 26.5. The molecule has 1 aromatic heterocycles. The minimum absolute atomic E-state index is 0.0325. The van der Waals surface area contributed by atoms with Gasteiger partial charge in [0.2, 0.25) is 5.91 Å². The van der Waals surface area contributed by atoms with Gasteiger partial charge in [-0.05, 0) is 64.0 Å². The molecule has 5 atom stereocenters. The molecule has 5 unspecified atom stereocenters. The van der Waals surface area contributed by atoms with Gasteiger partial charge in [0.25, 0.3) is 0 Å². The summed E-state index contributed by atoms with van der Waals surface area (Å²) >= 11 is 1.59. The first-order valence-corrected chi connectivity index (χ1v) is 13.6. The maximum absolute atomic E-state index is 13.3. The lowest BCUT2D eigenvalue weighted by Crippen LogP contribution is -2.47. The smallest absolute Gasteiger partial charge is 0.225 e. The van der Waals surface area contributed by atoms with Crippen molar-refractivity contribution in [3.05, 3.63) is 33.3 Å². The van der Waals surface area contributed by atoms with Crippen LogP contribution in [0.2, 0.25) is 0 Å². The lowest BCUT2D eigenvalue weighted by Gasteiger charge is -2.36. The number of hydrogen-bond donors (Lipinski definition) is 2. The highest BCUT2D eigenvalue weighted by Gasteiger charge is 2.42. The van der Waals surface area contributed by atoms with Gasteiger partial charge in [0.15, 0.2) is 0 Å². The minimum Gasteiger partial charge on any atom is -0.392 e. The van der Waals surface area contributed by atoms with E-state index in [2.05, 4.69) is 18.0 Å². The van der Waals surface area contributed by atoms with E-state index >= 15 is 0 Å². The number of allylic oxidation sites excluding steroid dienone is 1. The van der Waals surface area contributed by atoms with E-state index in [1.165, 1.54) is 5.57 Å². The highest BCUT2D eigenvalue weighted by atomic mass is 32.1. The Morgan fingerprint density at radius 3 is 2.49 bits per heavy atom. The predicted molar refractivity (Wildman–Crippen MR) is 143 cm³/mol. The Balaban J connectivity index is 2.41. The zero-order valence-corrected chi connectivity index (χ0v) is 23.5. The molecule has 0 bridgehead atoms. The van der Waals surface area contributed by atoms with Crippen molar-refractivity contribution >= 4 is 29.1 Å². The lowest BCUT2D eigenvalue weighted by molar-refractivity contribution is -0.145. The van der Waals surface area contributed by atoms with Gasteiger partial charge in [0.1, 0.15) is 5.78 Å². The molecule has 1 aliphatic heterocycles. The average molecular weight is 505 g/mol.